The smallest absolute Gasteiger partial charge is 0.397 e. The van der Waals surface area contributed by atoms with E-state index in [1.54, 1.807) is 12.3 Å². The van der Waals surface area contributed by atoms with E-state index in [0.717, 1.165) is 34.7 Å². The second-order valence-electron chi connectivity index (χ2n) is 6.99. The van der Waals surface area contributed by atoms with Crippen LogP contribution in [0.5, 0.6) is 11.5 Å². The number of aryl methyl sites for hydroxylation is 2. The van der Waals surface area contributed by atoms with Crippen LogP contribution in [0, 0.1) is 6.92 Å². The SMILES string of the molecule is COS(=O)(=O)O.Cc1cc(/C=C/c2ccc3cccc(O)c3[n+]2C)c(O)c2ncccc12. The van der Waals surface area contributed by atoms with E-state index in [-0.39, 0.29) is 11.5 Å². The van der Waals surface area contributed by atoms with Gasteiger partial charge in [-0.25, -0.2) is 0 Å². The highest BCUT2D eigenvalue weighted by Crippen LogP contribution is 2.31. The van der Waals surface area contributed by atoms with E-state index in [0.29, 0.717) is 11.1 Å². The number of benzene rings is 2. The van der Waals surface area contributed by atoms with Crippen molar-refractivity contribution in [2.45, 2.75) is 6.92 Å². The molecule has 0 aliphatic carbocycles. The van der Waals surface area contributed by atoms with Gasteiger partial charge in [-0.2, -0.15) is 13.0 Å². The second-order valence-corrected chi connectivity index (χ2v) is 8.18. The van der Waals surface area contributed by atoms with Crippen LogP contribution >= 0.6 is 0 Å². The van der Waals surface area contributed by atoms with E-state index in [2.05, 4.69) is 9.17 Å². The van der Waals surface area contributed by atoms with Gasteiger partial charge < -0.3 is 10.2 Å². The standard InChI is InChI=1S/C22H18N2O2.CH4O4S/c1-14-13-16(22(26)20-18(14)6-4-12-23-20)9-11-17-10-8-15-5-3-7-19(25)21(15)24(17)2;1-5-6(2,3)4/h3-13,25H,1-2H3;1H3,(H,2,3,4)/p+1. The molecule has 0 bridgehead atoms. The van der Waals surface area contributed by atoms with E-state index in [1.807, 2.05) is 73.2 Å². The number of phenolic OH excluding ortho intramolecular Hbond substituents is 2. The van der Waals surface area contributed by atoms with Crippen molar-refractivity contribution in [2.24, 2.45) is 7.05 Å². The van der Waals surface area contributed by atoms with Crippen LogP contribution in [0.1, 0.15) is 16.8 Å². The third kappa shape index (κ3) is 5.02. The van der Waals surface area contributed by atoms with Gasteiger partial charge in [-0.1, -0.05) is 12.1 Å². The number of aromatic hydroxyl groups is 2. The summed E-state index contributed by atoms with van der Waals surface area (Å²) in [4.78, 5) is 4.31. The van der Waals surface area contributed by atoms with Gasteiger partial charge in [-0.15, -0.1) is 0 Å². The molecule has 0 aliphatic rings. The third-order valence-electron chi connectivity index (χ3n) is 4.95. The van der Waals surface area contributed by atoms with Crippen LogP contribution in [-0.4, -0.2) is 35.3 Å². The van der Waals surface area contributed by atoms with Gasteiger partial charge >= 0.3 is 10.4 Å². The molecule has 0 saturated heterocycles. The first kappa shape index (κ1) is 23.1. The molecular weight excluding hydrogens is 432 g/mol. The zero-order valence-electron chi connectivity index (χ0n) is 17.7. The third-order valence-corrected chi connectivity index (χ3v) is 5.37. The normalized spacial score (nSPS) is 11.6. The van der Waals surface area contributed by atoms with Gasteiger partial charge in [0.1, 0.15) is 18.3 Å². The summed E-state index contributed by atoms with van der Waals surface area (Å²) in [6, 6.07) is 15.2. The van der Waals surface area contributed by atoms with E-state index in [9.17, 15) is 18.6 Å². The summed E-state index contributed by atoms with van der Waals surface area (Å²) in [6.07, 6.45) is 5.48. The lowest BCUT2D eigenvalue weighted by Crippen LogP contribution is -2.32. The molecule has 0 atom stereocenters. The van der Waals surface area contributed by atoms with Crippen molar-refractivity contribution in [2.75, 3.05) is 7.11 Å². The average molecular weight is 456 g/mol. The first-order valence-electron chi connectivity index (χ1n) is 9.51. The molecule has 0 saturated carbocycles. The van der Waals surface area contributed by atoms with Crippen LogP contribution < -0.4 is 4.57 Å². The lowest BCUT2D eigenvalue weighted by molar-refractivity contribution is -0.646. The number of hydrogen-bond donors (Lipinski definition) is 3. The quantitative estimate of drug-likeness (QED) is 0.319. The number of nitrogens with zero attached hydrogens (tertiary/aromatic N) is 2. The van der Waals surface area contributed by atoms with Gasteiger partial charge in [0.15, 0.2) is 5.75 Å². The van der Waals surface area contributed by atoms with E-state index in [4.69, 9.17) is 4.55 Å². The maximum atomic E-state index is 10.6. The van der Waals surface area contributed by atoms with Crippen molar-refractivity contribution in [3.63, 3.8) is 0 Å². The van der Waals surface area contributed by atoms with Gasteiger partial charge in [0.05, 0.1) is 12.5 Å². The summed E-state index contributed by atoms with van der Waals surface area (Å²) in [7, 11) is -1.38. The number of fused-ring (bicyclic) bond motifs is 2. The largest absolute Gasteiger partial charge is 0.505 e. The lowest BCUT2D eigenvalue weighted by atomic mass is 10.0. The fraction of sp³-hybridized carbons (Fsp3) is 0.130. The van der Waals surface area contributed by atoms with Gasteiger partial charge in [-0.05, 0) is 48.9 Å². The number of aromatic nitrogens is 2. The fourth-order valence-electron chi connectivity index (χ4n) is 3.36. The molecule has 0 amide bonds. The van der Waals surface area contributed by atoms with Crippen molar-refractivity contribution in [3.05, 3.63) is 71.5 Å². The Morgan fingerprint density at radius 2 is 1.78 bits per heavy atom. The number of rotatable bonds is 3. The van der Waals surface area contributed by atoms with Crippen LogP contribution in [0.2, 0.25) is 0 Å². The molecule has 3 N–H and O–H groups in total. The molecule has 0 spiro atoms. The Balaban J connectivity index is 0.000000427. The summed E-state index contributed by atoms with van der Waals surface area (Å²) in [5, 5.41) is 22.7. The molecule has 32 heavy (non-hydrogen) atoms. The van der Waals surface area contributed by atoms with Crippen molar-refractivity contribution in [1.82, 2.24) is 4.98 Å². The predicted molar refractivity (Wildman–Crippen MR) is 122 cm³/mol. The van der Waals surface area contributed by atoms with Crippen molar-refractivity contribution in [3.8, 4) is 11.5 Å². The Labute approximate surface area is 185 Å². The Morgan fingerprint density at radius 3 is 2.47 bits per heavy atom. The molecule has 2 aromatic carbocycles. The minimum Gasteiger partial charge on any atom is -0.505 e. The van der Waals surface area contributed by atoms with Gasteiger partial charge in [0.25, 0.3) is 5.52 Å². The number of phenols is 2. The molecule has 0 radical (unpaired) electrons. The Bertz CT molecular complexity index is 1430. The summed E-state index contributed by atoms with van der Waals surface area (Å²) in [6.45, 7) is 2.01. The van der Waals surface area contributed by atoms with E-state index in [1.165, 1.54) is 0 Å². The highest BCUT2D eigenvalue weighted by molar-refractivity contribution is 7.80. The summed E-state index contributed by atoms with van der Waals surface area (Å²) >= 11 is 0. The maximum Gasteiger partial charge on any atom is 0.397 e. The van der Waals surface area contributed by atoms with Crippen LogP contribution in [0.4, 0.5) is 0 Å². The topological polar surface area (TPSA) is 121 Å². The van der Waals surface area contributed by atoms with Gasteiger partial charge in [0.2, 0.25) is 5.69 Å². The highest BCUT2D eigenvalue weighted by atomic mass is 32.3. The maximum absolute atomic E-state index is 10.6. The Hall–Kier alpha value is -3.53. The zero-order chi connectivity index (χ0) is 23.5. The second kappa shape index (κ2) is 9.31. The lowest BCUT2D eigenvalue weighted by Gasteiger charge is -2.07. The average Bonchev–Trinajstić information content (AvgIpc) is 2.76. The molecule has 8 nitrogen and oxygen atoms in total. The Kier molecular flexibility index (Phi) is 6.73. The minimum atomic E-state index is -4.16. The summed E-state index contributed by atoms with van der Waals surface area (Å²) < 4.78 is 31.6. The van der Waals surface area contributed by atoms with Crippen molar-refractivity contribution >= 4 is 44.4 Å². The van der Waals surface area contributed by atoms with E-state index < -0.39 is 10.4 Å². The first-order valence-corrected chi connectivity index (χ1v) is 10.9. The van der Waals surface area contributed by atoms with Crippen LogP contribution in [-0.2, 0) is 21.6 Å². The molecule has 166 valence electrons. The first-order chi connectivity index (χ1) is 15.1. The van der Waals surface area contributed by atoms with Gasteiger partial charge in [-0.3, -0.25) is 13.7 Å². The molecule has 4 aromatic rings. The van der Waals surface area contributed by atoms with Crippen LogP contribution in [0.15, 0.2) is 54.7 Å². The molecule has 0 unspecified atom stereocenters. The highest BCUT2D eigenvalue weighted by Gasteiger charge is 2.14. The summed E-state index contributed by atoms with van der Waals surface area (Å²) in [5.74, 6) is 0.419. The molecule has 0 aliphatic heterocycles. The molecule has 2 aromatic heterocycles. The van der Waals surface area contributed by atoms with E-state index >= 15 is 0 Å². The summed E-state index contributed by atoms with van der Waals surface area (Å²) in [5.41, 5.74) is 4.07. The fourth-order valence-corrected chi connectivity index (χ4v) is 3.36. The monoisotopic (exact) mass is 455 g/mol. The molecule has 0 fully saturated rings. The molecule has 9 heteroatoms. The van der Waals surface area contributed by atoms with Crippen molar-refractivity contribution in [1.29, 1.82) is 0 Å². The van der Waals surface area contributed by atoms with Crippen LogP contribution in [0.3, 0.4) is 0 Å². The predicted octanol–water partition coefficient (Wildman–Crippen LogP) is 3.54. The van der Waals surface area contributed by atoms with Crippen LogP contribution in [0.25, 0.3) is 34.0 Å². The number of para-hydroxylation sites is 1. The van der Waals surface area contributed by atoms with Gasteiger partial charge in [0, 0.05) is 29.3 Å². The molecular formula is C23H23N2O6S+. The Morgan fingerprint density at radius 1 is 1.06 bits per heavy atom. The molecule has 4 rings (SSSR count). The molecule has 2 heterocycles. The number of pyridine rings is 2. The van der Waals surface area contributed by atoms with Crippen molar-refractivity contribution < 1.29 is 31.9 Å². The number of hydrogen-bond acceptors (Lipinski definition) is 6. The minimum absolute atomic E-state index is 0.175. The zero-order valence-corrected chi connectivity index (χ0v) is 18.5.